The highest BCUT2D eigenvalue weighted by molar-refractivity contribution is 7.89. The molecule has 1 aromatic heterocycles. The number of hydrogen-bond donors (Lipinski definition) is 2. The van der Waals surface area contributed by atoms with Crippen molar-refractivity contribution in [2.24, 2.45) is 10.2 Å². The summed E-state index contributed by atoms with van der Waals surface area (Å²) in [6.07, 6.45) is 3.11. The predicted octanol–water partition coefficient (Wildman–Crippen LogP) is 6.75. The van der Waals surface area contributed by atoms with E-state index in [9.17, 15) is 18.6 Å². The van der Waals surface area contributed by atoms with Crippen LogP contribution in [0.2, 0.25) is 0 Å². The second kappa shape index (κ2) is 11.7. The Morgan fingerprint density at radius 2 is 1.50 bits per heavy atom. The normalized spacial score (nSPS) is 12.2. The van der Waals surface area contributed by atoms with Crippen LogP contribution in [0.3, 0.4) is 0 Å². The van der Waals surface area contributed by atoms with Gasteiger partial charge in [0.15, 0.2) is 5.69 Å². The van der Waals surface area contributed by atoms with Crippen molar-refractivity contribution < 1.29 is 18.6 Å². The van der Waals surface area contributed by atoms with Crippen LogP contribution in [-0.2, 0) is 10.0 Å². The number of aromatic nitrogens is 2. The molecule has 0 spiro atoms. The van der Waals surface area contributed by atoms with E-state index in [2.05, 4.69) is 15.3 Å². The van der Waals surface area contributed by atoms with E-state index in [1.54, 1.807) is 43.3 Å². The molecule has 0 atom stereocenters. The quantitative estimate of drug-likeness (QED) is 0.206. The van der Waals surface area contributed by atoms with Crippen molar-refractivity contribution >= 4 is 32.2 Å². The molecule has 4 rings (SSSR count). The summed E-state index contributed by atoms with van der Waals surface area (Å²) in [7, 11) is -4.05. The highest BCUT2D eigenvalue weighted by atomic mass is 32.2. The van der Waals surface area contributed by atoms with Crippen LogP contribution >= 0.6 is 0 Å². The van der Waals surface area contributed by atoms with Gasteiger partial charge in [0.05, 0.1) is 11.4 Å². The molecular weight excluding hydrogens is 502 g/mol. The molecule has 0 amide bonds. The van der Waals surface area contributed by atoms with Crippen molar-refractivity contribution in [3.05, 3.63) is 66.4 Å². The molecule has 10 heteroatoms. The van der Waals surface area contributed by atoms with Crippen LogP contribution in [-0.4, -0.2) is 45.8 Å². The molecular formula is C28H33N5O4S. The highest BCUT2D eigenvalue weighted by Gasteiger charge is 2.31. The topological polar surface area (TPSA) is 120 Å². The average Bonchev–Trinajstić information content (AvgIpc) is 3.20. The number of hydrogen-bond acceptors (Lipinski definition) is 7. The lowest BCUT2D eigenvalue weighted by molar-refractivity contribution is 0.395. The van der Waals surface area contributed by atoms with Crippen molar-refractivity contribution in [1.29, 1.82) is 0 Å². The average molecular weight is 536 g/mol. The first-order valence-electron chi connectivity index (χ1n) is 12.8. The van der Waals surface area contributed by atoms with E-state index >= 15 is 0 Å². The molecule has 0 saturated carbocycles. The standard InChI is InChI=1S/C28H33N5O4S/c1-4-6-17-32(18-7-5-2)38(36,37)27-23-16-12-11-13-21(23)19-24(34)26(27)30-29-25-20(3)31-33(28(25)35)22-14-9-8-10-15-22/h8-16,19,34-35H,4-7,17-18H2,1-3H3/b30-29+. The van der Waals surface area contributed by atoms with E-state index in [1.165, 1.54) is 15.1 Å². The fraction of sp³-hybridized carbons (Fsp3) is 0.321. The van der Waals surface area contributed by atoms with Gasteiger partial charge in [0, 0.05) is 18.5 Å². The summed E-state index contributed by atoms with van der Waals surface area (Å²) in [6.45, 7) is 6.42. The number of rotatable bonds is 11. The zero-order valence-corrected chi connectivity index (χ0v) is 22.7. The molecule has 200 valence electrons. The first-order chi connectivity index (χ1) is 18.3. The van der Waals surface area contributed by atoms with Crippen molar-refractivity contribution in [2.75, 3.05) is 13.1 Å². The number of phenolic OH excluding ortho intramolecular Hbond substituents is 1. The van der Waals surface area contributed by atoms with Crippen LogP contribution in [0, 0.1) is 6.92 Å². The number of phenols is 1. The second-order valence-electron chi connectivity index (χ2n) is 9.11. The van der Waals surface area contributed by atoms with Gasteiger partial charge in [-0.2, -0.15) is 14.1 Å². The fourth-order valence-corrected chi connectivity index (χ4v) is 6.12. The van der Waals surface area contributed by atoms with Crippen molar-refractivity contribution in [1.82, 2.24) is 14.1 Å². The predicted molar refractivity (Wildman–Crippen MR) is 148 cm³/mol. The van der Waals surface area contributed by atoms with Crippen LogP contribution < -0.4 is 0 Å². The number of para-hydroxylation sites is 1. The molecule has 0 radical (unpaired) electrons. The molecule has 0 aliphatic carbocycles. The fourth-order valence-electron chi connectivity index (χ4n) is 4.27. The molecule has 1 heterocycles. The molecule has 38 heavy (non-hydrogen) atoms. The summed E-state index contributed by atoms with van der Waals surface area (Å²) in [5.41, 5.74) is 0.938. The third kappa shape index (κ3) is 5.41. The van der Waals surface area contributed by atoms with Gasteiger partial charge in [-0.25, -0.2) is 8.42 Å². The maximum absolute atomic E-state index is 14.1. The van der Waals surface area contributed by atoms with E-state index in [4.69, 9.17) is 0 Å². The first-order valence-corrected chi connectivity index (χ1v) is 14.2. The third-order valence-electron chi connectivity index (χ3n) is 6.33. The monoisotopic (exact) mass is 535 g/mol. The number of aryl methyl sites for hydroxylation is 1. The van der Waals surface area contributed by atoms with Gasteiger partial charge in [0.2, 0.25) is 15.9 Å². The Morgan fingerprint density at radius 1 is 0.895 bits per heavy atom. The Hall–Kier alpha value is -3.76. The molecule has 0 bridgehead atoms. The van der Waals surface area contributed by atoms with E-state index < -0.39 is 10.0 Å². The molecule has 0 unspecified atom stereocenters. The van der Waals surface area contributed by atoms with Crippen LogP contribution in [0.15, 0.2) is 75.8 Å². The lowest BCUT2D eigenvalue weighted by atomic mass is 10.1. The Labute approximate surface area is 223 Å². The molecule has 0 saturated heterocycles. The minimum absolute atomic E-state index is 0.0820. The van der Waals surface area contributed by atoms with Crippen molar-refractivity contribution in [2.45, 2.75) is 51.3 Å². The second-order valence-corrected chi connectivity index (χ2v) is 11.0. The first kappa shape index (κ1) is 27.3. The Kier molecular flexibility index (Phi) is 8.43. The zero-order valence-electron chi connectivity index (χ0n) is 21.9. The summed E-state index contributed by atoms with van der Waals surface area (Å²) >= 11 is 0. The number of fused-ring (bicyclic) bond motifs is 1. The van der Waals surface area contributed by atoms with Crippen LogP contribution in [0.25, 0.3) is 16.5 Å². The summed E-state index contributed by atoms with van der Waals surface area (Å²) in [5.74, 6) is -0.556. The lowest BCUT2D eigenvalue weighted by Crippen LogP contribution is -2.33. The Bertz CT molecular complexity index is 1540. The molecule has 0 aliphatic heterocycles. The van der Waals surface area contributed by atoms with Crippen LogP contribution in [0.1, 0.15) is 45.2 Å². The summed E-state index contributed by atoms with van der Waals surface area (Å²) in [5, 5.41) is 35.6. The smallest absolute Gasteiger partial charge is 0.246 e. The van der Waals surface area contributed by atoms with Crippen LogP contribution in [0.5, 0.6) is 11.6 Å². The number of benzene rings is 3. The zero-order chi connectivity index (χ0) is 27.3. The van der Waals surface area contributed by atoms with E-state index in [1.807, 2.05) is 32.0 Å². The van der Waals surface area contributed by atoms with Gasteiger partial charge >= 0.3 is 0 Å². The van der Waals surface area contributed by atoms with Gasteiger partial charge in [-0.3, -0.25) is 0 Å². The highest BCUT2D eigenvalue weighted by Crippen LogP contribution is 2.43. The Morgan fingerprint density at radius 3 is 2.16 bits per heavy atom. The molecule has 9 nitrogen and oxygen atoms in total. The number of aromatic hydroxyl groups is 2. The largest absolute Gasteiger partial charge is 0.506 e. The van der Waals surface area contributed by atoms with Gasteiger partial charge in [-0.15, -0.1) is 10.2 Å². The number of nitrogens with zero attached hydrogens (tertiary/aromatic N) is 5. The lowest BCUT2D eigenvalue weighted by Gasteiger charge is -2.23. The number of unbranched alkanes of at least 4 members (excludes halogenated alkanes) is 2. The summed E-state index contributed by atoms with van der Waals surface area (Å²) in [6, 6.07) is 17.5. The molecule has 0 aliphatic rings. The summed E-state index contributed by atoms with van der Waals surface area (Å²) < 4.78 is 31.0. The van der Waals surface area contributed by atoms with Gasteiger partial charge in [-0.1, -0.05) is 69.2 Å². The van der Waals surface area contributed by atoms with Gasteiger partial charge in [0.1, 0.15) is 16.3 Å². The molecule has 2 N–H and O–H groups in total. The van der Waals surface area contributed by atoms with E-state index in [0.717, 1.165) is 12.8 Å². The van der Waals surface area contributed by atoms with Crippen molar-refractivity contribution in [3.8, 4) is 17.3 Å². The van der Waals surface area contributed by atoms with E-state index in [-0.39, 0.29) is 27.9 Å². The maximum Gasteiger partial charge on any atom is 0.246 e. The SMILES string of the molecule is CCCCN(CCCC)S(=O)(=O)c1c(/N=N/c2c(C)nn(-c3ccccc3)c2O)c(O)cc2ccccc12. The van der Waals surface area contributed by atoms with Gasteiger partial charge < -0.3 is 10.2 Å². The summed E-state index contributed by atoms with van der Waals surface area (Å²) in [4.78, 5) is -0.100. The van der Waals surface area contributed by atoms with Crippen molar-refractivity contribution in [3.63, 3.8) is 0 Å². The molecule has 4 aromatic rings. The number of sulfonamides is 1. The van der Waals surface area contributed by atoms with Gasteiger partial charge in [-0.05, 0) is 43.4 Å². The number of azo groups is 1. The molecule has 0 fully saturated rings. The third-order valence-corrected chi connectivity index (χ3v) is 8.31. The minimum Gasteiger partial charge on any atom is -0.506 e. The Balaban J connectivity index is 1.88. The van der Waals surface area contributed by atoms with E-state index in [0.29, 0.717) is 48.1 Å². The van der Waals surface area contributed by atoms with Crippen LogP contribution in [0.4, 0.5) is 11.4 Å². The molecule has 3 aromatic carbocycles. The maximum atomic E-state index is 14.1. The van der Waals surface area contributed by atoms with Gasteiger partial charge in [0.25, 0.3) is 0 Å². The minimum atomic E-state index is -4.05.